The summed E-state index contributed by atoms with van der Waals surface area (Å²) in [4.78, 5) is 21.3. The first kappa shape index (κ1) is 15.1. The minimum absolute atomic E-state index is 0.201. The molecule has 0 amide bonds. The van der Waals surface area contributed by atoms with Crippen LogP contribution in [0.15, 0.2) is 22.9 Å². The summed E-state index contributed by atoms with van der Waals surface area (Å²) in [6, 6.07) is 0. The largest absolute Gasteiger partial charge is 0.502 e. The SMILES string of the molecule is CC1=C(O)C(=O)C(C)O1.CCC1OC(=O)C(O)=C1C. The van der Waals surface area contributed by atoms with Gasteiger partial charge in [0.1, 0.15) is 11.9 Å². The van der Waals surface area contributed by atoms with Crippen LogP contribution in [0.4, 0.5) is 0 Å². The lowest BCUT2D eigenvalue weighted by Gasteiger charge is -2.05. The average Bonchev–Trinajstić information content (AvgIpc) is 2.75. The van der Waals surface area contributed by atoms with Crippen molar-refractivity contribution < 1.29 is 29.3 Å². The van der Waals surface area contributed by atoms with Gasteiger partial charge in [-0.05, 0) is 27.2 Å². The molecule has 106 valence electrons. The van der Waals surface area contributed by atoms with E-state index in [1.807, 2.05) is 6.92 Å². The minimum Gasteiger partial charge on any atom is -0.502 e. The highest BCUT2D eigenvalue weighted by Crippen LogP contribution is 2.22. The molecule has 0 radical (unpaired) electrons. The van der Waals surface area contributed by atoms with Crippen molar-refractivity contribution in [1.82, 2.24) is 0 Å². The topological polar surface area (TPSA) is 93.1 Å². The summed E-state index contributed by atoms with van der Waals surface area (Å²) in [6.07, 6.45) is 0.0271. The number of ether oxygens (including phenoxy) is 2. The molecule has 0 aromatic heterocycles. The van der Waals surface area contributed by atoms with Gasteiger partial charge >= 0.3 is 5.97 Å². The van der Waals surface area contributed by atoms with Crippen LogP contribution in [0.2, 0.25) is 0 Å². The molecule has 2 N–H and O–H groups in total. The molecule has 2 heterocycles. The average molecular weight is 270 g/mol. The van der Waals surface area contributed by atoms with E-state index in [1.165, 1.54) is 0 Å². The molecule has 0 saturated heterocycles. The van der Waals surface area contributed by atoms with E-state index >= 15 is 0 Å². The van der Waals surface area contributed by atoms with Crippen LogP contribution in [0.5, 0.6) is 0 Å². The second kappa shape index (κ2) is 5.77. The molecule has 6 nitrogen and oxygen atoms in total. The van der Waals surface area contributed by atoms with Crippen molar-refractivity contribution in [2.24, 2.45) is 0 Å². The Morgan fingerprint density at radius 1 is 1.11 bits per heavy atom. The first-order valence-corrected chi connectivity index (χ1v) is 6.01. The van der Waals surface area contributed by atoms with Crippen LogP contribution in [0.1, 0.15) is 34.1 Å². The Kier molecular flexibility index (Phi) is 4.58. The van der Waals surface area contributed by atoms with Gasteiger partial charge in [0.25, 0.3) is 0 Å². The summed E-state index contributed by atoms with van der Waals surface area (Å²) in [7, 11) is 0. The van der Waals surface area contributed by atoms with Crippen LogP contribution in [0.25, 0.3) is 0 Å². The maximum atomic E-state index is 10.7. The number of Topliss-reactive ketones (excluding diaryl/α,β-unsaturated/α-hetero) is 1. The Labute approximate surface area is 111 Å². The lowest BCUT2D eigenvalue weighted by atomic mass is 10.1. The molecule has 2 rings (SSSR count). The standard InChI is InChI=1S/C7H10O3.C6H8O3/c1-3-5-4(2)6(8)7(9)10-5;1-3-5(7)6(8)4(2)9-3/h5,8H,3H2,1-2H3;3,8H,1-2H3. The number of cyclic esters (lactones) is 1. The Hall–Kier alpha value is -1.98. The van der Waals surface area contributed by atoms with E-state index in [1.54, 1.807) is 20.8 Å². The highest BCUT2D eigenvalue weighted by Gasteiger charge is 2.29. The van der Waals surface area contributed by atoms with Crippen molar-refractivity contribution in [2.75, 3.05) is 0 Å². The summed E-state index contributed by atoms with van der Waals surface area (Å²) in [5.41, 5.74) is 0.646. The van der Waals surface area contributed by atoms with Gasteiger partial charge in [-0.2, -0.15) is 0 Å². The van der Waals surface area contributed by atoms with E-state index in [4.69, 9.17) is 19.7 Å². The number of allylic oxidation sites excluding steroid dienone is 1. The van der Waals surface area contributed by atoms with Gasteiger partial charge in [0.05, 0.1) is 0 Å². The molecule has 0 aromatic carbocycles. The lowest BCUT2D eigenvalue weighted by Crippen LogP contribution is -2.12. The molecule has 0 aromatic rings. The van der Waals surface area contributed by atoms with Gasteiger partial charge < -0.3 is 19.7 Å². The molecule has 2 aliphatic heterocycles. The van der Waals surface area contributed by atoms with E-state index in [2.05, 4.69) is 0 Å². The molecular weight excluding hydrogens is 252 g/mol. The number of rotatable bonds is 1. The van der Waals surface area contributed by atoms with Gasteiger partial charge in [-0.15, -0.1) is 0 Å². The van der Waals surface area contributed by atoms with Gasteiger partial charge in [-0.25, -0.2) is 4.79 Å². The Balaban J connectivity index is 0.000000191. The van der Waals surface area contributed by atoms with Crippen LogP contribution in [-0.2, 0) is 19.1 Å². The first-order chi connectivity index (χ1) is 8.79. The van der Waals surface area contributed by atoms with Crippen LogP contribution in [0.3, 0.4) is 0 Å². The monoisotopic (exact) mass is 270 g/mol. The molecule has 0 bridgehead atoms. The van der Waals surface area contributed by atoms with Gasteiger partial charge in [0.2, 0.25) is 17.3 Å². The Morgan fingerprint density at radius 3 is 1.84 bits per heavy atom. The Bertz CT molecular complexity index is 460. The van der Waals surface area contributed by atoms with Gasteiger partial charge in [-0.3, -0.25) is 4.79 Å². The zero-order chi connectivity index (χ0) is 14.7. The number of carbonyl (C=O) groups is 2. The highest BCUT2D eigenvalue weighted by atomic mass is 16.6. The number of hydrogen-bond acceptors (Lipinski definition) is 6. The maximum Gasteiger partial charge on any atom is 0.374 e. The number of hydrogen-bond donors (Lipinski definition) is 2. The molecule has 19 heavy (non-hydrogen) atoms. The fourth-order valence-corrected chi connectivity index (χ4v) is 1.72. The molecule has 2 aliphatic rings. The Morgan fingerprint density at radius 2 is 1.68 bits per heavy atom. The van der Waals surface area contributed by atoms with Crippen molar-refractivity contribution in [3.05, 3.63) is 22.9 Å². The van der Waals surface area contributed by atoms with Gasteiger partial charge in [0.15, 0.2) is 6.10 Å². The number of carbonyl (C=O) groups excluding carboxylic acids is 2. The normalized spacial score (nSPS) is 26.1. The van der Waals surface area contributed by atoms with E-state index < -0.39 is 12.1 Å². The van der Waals surface area contributed by atoms with Crippen molar-refractivity contribution in [2.45, 2.75) is 46.3 Å². The molecular formula is C13H18O6. The summed E-state index contributed by atoms with van der Waals surface area (Å²) >= 11 is 0. The molecule has 0 spiro atoms. The van der Waals surface area contributed by atoms with Crippen molar-refractivity contribution in [3.8, 4) is 0 Å². The number of esters is 1. The second-order valence-corrected chi connectivity index (χ2v) is 4.36. The summed E-state index contributed by atoms with van der Waals surface area (Å²) in [5, 5.41) is 17.8. The first-order valence-electron chi connectivity index (χ1n) is 6.01. The number of aliphatic hydroxyl groups excluding tert-OH is 2. The van der Waals surface area contributed by atoms with Crippen LogP contribution < -0.4 is 0 Å². The molecule has 0 aliphatic carbocycles. The van der Waals surface area contributed by atoms with Crippen molar-refractivity contribution in [1.29, 1.82) is 0 Å². The predicted molar refractivity (Wildman–Crippen MR) is 66.4 cm³/mol. The molecule has 6 heteroatoms. The fraction of sp³-hybridized carbons (Fsp3) is 0.538. The van der Waals surface area contributed by atoms with E-state index in [0.29, 0.717) is 11.3 Å². The van der Waals surface area contributed by atoms with Crippen LogP contribution >= 0.6 is 0 Å². The molecule has 0 saturated carbocycles. The fourth-order valence-electron chi connectivity index (χ4n) is 1.72. The van der Waals surface area contributed by atoms with E-state index in [-0.39, 0.29) is 23.4 Å². The van der Waals surface area contributed by atoms with Crippen molar-refractivity contribution >= 4 is 11.8 Å². The van der Waals surface area contributed by atoms with E-state index in [9.17, 15) is 9.59 Å². The van der Waals surface area contributed by atoms with Crippen LogP contribution in [0, 0.1) is 0 Å². The predicted octanol–water partition coefficient (Wildman–Crippen LogP) is 1.92. The highest BCUT2D eigenvalue weighted by molar-refractivity contribution is 5.98. The zero-order valence-corrected chi connectivity index (χ0v) is 11.4. The minimum atomic E-state index is -0.593. The number of ketones is 1. The number of aliphatic hydroxyl groups is 2. The quantitative estimate of drug-likeness (QED) is 0.707. The zero-order valence-electron chi connectivity index (χ0n) is 11.4. The molecule has 2 unspecified atom stereocenters. The summed E-state index contributed by atoms with van der Waals surface area (Å²) < 4.78 is 9.64. The van der Waals surface area contributed by atoms with Gasteiger partial charge in [0, 0.05) is 5.57 Å². The maximum absolute atomic E-state index is 10.7. The van der Waals surface area contributed by atoms with Crippen LogP contribution in [-0.4, -0.2) is 34.2 Å². The summed E-state index contributed by atoms with van der Waals surface area (Å²) in [6.45, 7) is 6.78. The third kappa shape index (κ3) is 3.07. The lowest BCUT2D eigenvalue weighted by molar-refractivity contribution is -0.142. The molecule has 0 fully saturated rings. The van der Waals surface area contributed by atoms with Crippen molar-refractivity contribution in [3.63, 3.8) is 0 Å². The smallest absolute Gasteiger partial charge is 0.374 e. The third-order valence-corrected chi connectivity index (χ3v) is 2.96. The molecule has 2 atom stereocenters. The summed E-state index contributed by atoms with van der Waals surface area (Å²) in [5.74, 6) is -1.04. The van der Waals surface area contributed by atoms with E-state index in [0.717, 1.165) is 6.42 Å². The van der Waals surface area contributed by atoms with Gasteiger partial charge in [-0.1, -0.05) is 6.92 Å². The third-order valence-electron chi connectivity index (χ3n) is 2.96. The second-order valence-electron chi connectivity index (χ2n) is 4.36.